The predicted molar refractivity (Wildman–Crippen MR) is 119 cm³/mol. The molecule has 0 spiro atoms. The molecule has 0 amide bonds. The summed E-state index contributed by atoms with van der Waals surface area (Å²) in [6, 6.07) is 9.24. The van der Waals surface area contributed by atoms with E-state index in [4.69, 9.17) is 21.3 Å². The standard InChI is InChI=1S/C22H21ClN6O2/c1-27-13-24-21-17(22(27)30)9-19(26-20(21)14-3-5-16(23)6-4-14)29-7-8-31-18(12-29)15-10-25-28(2)11-15/h3-6,9-11,13,18H,7-8,12H2,1-2H3. The summed E-state index contributed by atoms with van der Waals surface area (Å²) in [5.74, 6) is 0.722. The van der Waals surface area contributed by atoms with Crippen molar-refractivity contribution in [3.8, 4) is 11.3 Å². The number of aryl methyl sites for hydroxylation is 2. The Hall–Kier alpha value is -3.23. The maximum atomic E-state index is 12.9. The van der Waals surface area contributed by atoms with Gasteiger partial charge in [-0.15, -0.1) is 0 Å². The highest BCUT2D eigenvalue weighted by atomic mass is 35.5. The summed E-state index contributed by atoms with van der Waals surface area (Å²) >= 11 is 6.07. The lowest BCUT2D eigenvalue weighted by atomic mass is 10.1. The van der Waals surface area contributed by atoms with Gasteiger partial charge in [-0.1, -0.05) is 23.7 Å². The van der Waals surface area contributed by atoms with Gasteiger partial charge in [-0.25, -0.2) is 9.97 Å². The molecule has 1 aliphatic heterocycles. The molecule has 3 aromatic heterocycles. The first-order chi connectivity index (χ1) is 15.0. The van der Waals surface area contributed by atoms with Crippen LogP contribution < -0.4 is 10.5 Å². The quantitative estimate of drug-likeness (QED) is 0.491. The van der Waals surface area contributed by atoms with Gasteiger partial charge in [0.1, 0.15) is 17.4 Å². The van der Waals surface area contributed by atoms with Gasteiger partial charge in [0, 0.05) is 49.5 Å². The van der Waals surface area contributed by atoms with Gasteiger partial charge >= 0.3 is 0 Å². The zero-order valence-electron chi connectivity index (χ0n) is 17.2. The van der Waals surface area contributed by atoms with Gasteiger partial charge in [0.25, 0.3) is 5.56 Å². The summed E-state index contributed by atoms with van der Waals surface area (Å²) in [6.07, 6.45) is 5.19. The average molecular weight is 437 g/mol. The fourth-order valence-corrected chi connectivity index (χ4v) is 3.97. The Kier molecular flexibility index (Phi) is 4.95. The predicted octanol–water partition coefficient (Wildman–Crippen LogP) is 2.96. The van der Waals surface area contributed by atoms with Crippen molar-refractivity contribution in [2.45, 2.75) is 6.10 Å². The van der Waals surface area contributed by atoms with Crippen LogP contribution in [0.5, 0.6) is 0 Å². The van der Waals surface area contributed by atoms with E-state index in [0.717, 1.165) is 16.9 Å². The maximum Gasteiger partial charge on any atom is 0.261 e. The fraction of sp³-hybridized carbons (Fsp3) is 0.273. The van der Waals surface area contributed by atoms with E-state index in [1.807, 2.05) is 49.8 Å². The van der Waals surface area contributed by atoms with Crippen LogP contribution in [0.4, 0.5) is 5.82 Å². The summed E-state index contributed by atoms with van der Waals surface area (Å²) in [7, 11) is 3.58. The SMILES string of the molecule is Cn1cc(C2CN(c3cc4c(=O)n(C)cnc4c(-c4ccc(Cl)cc4)n3)CCO2)cn1. The molecule has 0 saturated carbocycles. The molecule has 8 nitrogen and oxygen atoms in total. The van der Waals surface area contributed by atoms with Crippen LogP contribution in [0.15, 0.2) is 53.8 Å². The first kappa shape index (κ1) is 19.7. The molecule has 0 bridgehead atoms. The number of anilines is 1. The molecule has 0 N–H and O–H groups in total. The van der Waals surface area contributed by atoms with E-state index in [-0.39, 0.29) is 11.7 Å². The Balaban J connectivity index is 1.62. The van der Waals surface area contributed by atoms with Crippen LogP contribution in [-0.2, 0) is 18.8 Å². The van der Waals surface area contributed by atoms with Crippen LogP contribution in [-0.4, -0.2) is 44.0 Å². The Morgan fingerprint density at radius 1 is 1.19 bits per heavy atom. The second-order valence-electron chi connectivity index (χ2n) is 7.65. The second-order valence-corrected chi connectivity index (χ2v) is 8.08. The number of benzene rings is 1. The number of aromatic nitrogens is 5. The Morgan fingerprint density at radius 3 is 2.74 bits per heavy atom. The van der Waals surface area contributed by atoms with Gasteiger partial charge in [0.05, 0.1) is 30.2 Å². The van der Waals surface area contributed by atoms with Gasteiger partial charge in [-0.05, 0) is 18.2 Å². The lowest BCUT2D eigenvalue weighted by Crippen LogP contribution is -2.39. The molecule has 0 aliphatic carbocycles. The number of nitrogens with zero attached hydrogens (tertiary/aromatic N) is 6. The van der Waals surface area contributed by atoms with E-state index >= 15 is 0 Å². The van der Waals surface area contributed by atoms with Crippen molar-refractivity contribution in [2.75, 3.05) is 24.6 Å². The molecule has 158 valence electrons. The number of pyridine rings is 1. The molecule has 1 fully saturated rings. The summed E-state index contributed by atoms with van der Waals surface area (Å²) in [6.45, 7) is 1.85. The van der Waals surface area contributed by atoms with Crippen LogP contribution >= 0.6 is 11.6 Å². The zero-order chi connectivity index (χ0) is 21.5. The van der Waals surface area contributed by atoms with Crippen molar-refractivity contribution >= 4 is 28.3 Å². The van der Waals surface area contributed by atoms with Crippen LogP contribution in [0.25, 0.3) is 22.2 Å². The van der Waals surface area contributed by atoms with Crippen LogP contribution in [0.3, 0.4) is 0 Å². The van der Waals surface area contributed by atoms with E-state index in [9.17, 15) is 4.79 Å². The minimum atomic E-state index is -0.115. The highest BCUT2D eigenvalue weighted by Crippen LogP contribution is 2.31. The lowest BCUT2D eigenvalue weighted by Gasteiger charge is -2.33. The van der Waals surface area contributed by atoms with Crippen molar-refractivity contribution in [1.82, 2.24) is 24.3 Å². The Labute approximate surface area is 183 Å². The van der Waals surface area contributed by atoms with Gasteiger partial charge in [0.15, 0.2) is 0 Å². The smallest absolute Gasteiger partial charge is 0.261 e. The first-order valence-electron chi connectivity index (χ1n) is 9.97. The average Bonchev–Trinajstić information content (AvgIpc) is 3.23. The van der Waals surface area contributed by atoms with E-state index in [1.54, 1.807) is 11.7 Å². The fourth-order valence-electron chi connectivity index (χ4n) is 3.84. The largest absolute Gasteiger partial charge is 0.370 e. The first-order valence-corrected chi connectivity index (χ1v) is 10.3. The topological polar surface area (TPSA) is 78.1 Å². The number of ether oxygens (including phenoxy) is 1. The van der Waals surface area contributed by atoms with E-state index in [0.29, 0.717) is 41.3 Å². The van der Waals surface area contributed by atoms with Crippen molar-refractivity contribution in [3.05, 3.63) is 70.0 Å². The highest BCUT2D eigenvalue weighted by molar-refractivity contribution is 6.30. The zero-order valence-corrected chi connectivity index (χ0v) is 18.0. The minimum absolute atomic E-state index is 0.110. The molecule has 1 saturated heterocycles. The number of fused-ring (bicyclic) bond motifs is 1. The summed E-state index contributed by atoms with van der Waals surface area (Å²) in [5, 5.41) is 5.42. The molecule has 1 aliphatic rings. The number of halogens is 1. The monoisotopic (exact) mass is 436 g/mol. The van der Waals surface area contributed by atoms with Crippen LogP contribution in [0, 0.1) is 0 Å². The summed E-state index contributed by atoms with van der Waals surface area (Å²) in [5.41, 5.74) is 3.00. The number of hydrogen-bond acceptors (Lipinski definition) is 6. The normalized spacial score (nSPS) is 16.7. The van der Waals surface area contributed by atoms with Crippen molar-refractivity contribution < 1.29 is 4.74 Å². The number of hydrogen-bond donors (Lipinski definition) is 0. The van der Waals surface area contributed by atoms with Crippen molar-refractivity contribution in [2.24, 2.45) is 14.1 Å². The van der Waals surface area contributed by atoms with Crippen LogP contribution in [0.2, 0.25) is 5.02 Å². The maximum absolute atomic E-state index is 12.9. The molecule has 0 radical (unpaired) electrons. The van der Waals surface area contributed by atoms with Gasteiger partial charge < -0.3 is 14.2 Å². The second kappa shape index (κ2) is 7.79. The van der Waals surface area contributed by atoms with Crippen molar-refractivity contribution in [3.63, 3.8) is 0 Å². The van der Waals surface area contributed by atoms with Gasteiger partial charge in [-0.3, -0.25) is 9.48 Å². The Bertz CT molecular complexity index is 1310. The molecular formula is C22H21ClN6O2. The molecule has 4 aromatic rings. The van der Waals surface area contributed by atoms with Crippen molar-refractivity contribution in [1.29, 1.82) is 0 Å². The summed E-state index contributed by atoms with van der Waals surface area (Å²) < 4.78 is 9.22. The van der Waals surface area contributed by atoms with E-state index in [1.165, 1.54) is 10.9 Å². The third-order valence-corrected chi connectivity index (χ3v) is 5.75. The highest BCUT2D eigenvalue weighted by Gasteiger charge is 2.25. The molecule has 5 rings (SSSR count). The van der Waals surface area contributed by atoms with E-state index < -0.39 is 0 Å². The van der Waals surface area contributed by atoms with Gasteiger partial charge in [0.2, 0.25) is 0 Å². The molecule has 4 heterocycles. The third-order valence-electron chi connectivity index (χ3n) is 5.49. The molecule has 9 heteroatoms. The molecule has 1 aromatic carbocycles. The minimum Gasteiger partial charge on any atom is -0.370 e. The third kappa shape index (κ3) is 3.68. The molecule has 31 heavy (non-hydrogen) atoms. The summed E-state index contributed by atoms with van der Waals surface area (Å²) in [4.78, 5) is 24.5. The van der Waals surface area contributed by atoms with E-state index in [2.05, 4.69) is 15.0 Å². The lowest BCUT2D eigenvalue weighted by molar-refractivity contribution is 0.0395. The molecular weight excluding hydrogens is 416 g/mol. The van der Waals surface area contributed by atoms with Gasteiger partial charge in [-0.2, -0.15) is 5.10 Å². The number of morpholine rings is 1. The van der Waals surface area contributed by atoms with Crippen LogP contribution in [0.1, 0.15) is 11.7 Å². The molecule has 1 atom stereocenters. The molecule has 1 unspecified atom stereocenters. The number of rotatable bonds is 3. The Morgan fingerprint density at radius 2 is 2.00 bits per heavy atom.